The minimum absolute atomic E-state index is 0.000943. The van der Waals surface area contributed by atoms with Gasteiger partial charge in [0.1, 0.15) is 11.3 Å². The number of ketones is 1. The first-order chi connectivity index (χ1) is 11.1. The highest BCUT2D eigenvalue weighted by Gasteiger charge is 2.22. The lowest BCUT2D eigenvalue weighted by Gasteiger charge is -2.21. The molecular formula is C17H17N3O3. The van der Waals surface area contributed by atoms with E-state index in [1.54, 1.807) is 18.3 Å². The summed E-state index contributed by atoms with van der Waals surface area (Å²) in [5, 5.41) is 0. The molecule has 3 aromatic rings. The summed E-state index contributed by atoms with van der Waals surface area (Å²) in [5.74, 6) is 1.14. The first-order valence-electron chi connectivity index (χ1n) is 7.77. The van der Waals surface area contributed by atoms with E-state index in [0.717, 1.165) is 24.2 Å². The van der Waals surface area contributed by atoms with Crippen LogP contribution in [-0.4, -0.2) is 33.4 Å². The average molecular weight is 311 g/mol. The highest BCUT2D eigenvalue weighted by atomic mass is 16.5. The van der Waals surface area contributed by atoms with Gasteiger partial charge in [0.2, 0.25) is 0 Å². The van der Waals surface area contributed by atoms with Crippen molar-refractivity contribution in [2.75, 3.05) is 13.2 Å². The Labute approximate surface area is 132 Å². The predicted molar refractivity (Wildman–Crippen MR) is 86.1 cm³/mol. The van der Waals surface area contributed by atoms with Crippen LogP contribution in [0.4, 0.5) is 0 Å². The van der Waals surface area contributed by atoms with Gasteiger partial charge in [-0.25, -0.2) is 4.98 Å². The molecular weight excluding hydrogens is 294 g/mol. The molecule has 1 N–H and O–H groups in total. The van der Waals surface area contributed by atoms with Gasteiger partial charge in [0.25, 0.3) is 5.56 Å². The molecule has 3 heterocycles. The van der Waals surface area contributed by atoms with Gasteiger partial charge in [-0.2, -0.15) is 0 Å². The predicted octanol–water partition coefficient (Wildman–Crippen LogP) is 2.27. The molecule has 0 saturated carbocycles. The second kappa shape index (κ2) is 5.31. The van der Waals surface area contributed by atoms with E-state index in [-0.39, 0.29) is 17.3 Å². The molecule has 23 heavy (non-hydrogen) atoms. The number of aromatic amines is 1. The molecule has 1 fully saturated rings. The highest BCUT2D eigenvalue weighted by molar-refractivity contribution is 5.97. The van der Waals surface area contributed by atoms with Gasteiger partial charge >= 0.3 is 0 Å². The zero-order valence-corrected chi connectivity index (χ0v) is 12.8. The molecule has 0 spiro atoms. The maximum absolute atomic E-state index is 12.3. The minimum atomic E-state index is -0.168. The van der Waals surface area contributed by atoms with Crippen molar-refractivity contribution in [3.63, 3.8) is 0 Å². The van der Waals surface area contributed by atoms with Crippen LogP contribution < -0.4 is 5.56 Å². The van der Waals surface area contributed by atoms with Crippen LogP contribution in [0.15, 0.2) is 29.2 Å². The van der Waals surface area contributed by atoms with Crippen molar-refractivity contribution in [3.8, 4) is 0 Å². The number of Topliss-reactive ketones (excluding diaryl/α,β-unsaturated/α-hetero) is 1. The number of hydrogen-bond donors (Lipinski definition) is 1. The number of carbonyl (C=O) groups excluding carboxylic acids is 1. The van der Waals surface area contributed by atoms with Crippen LogP contribution in [0.1, 0.15) is 41.9 Å². The number of aromatic nitrogens is 3. The fraction of sp³-hybridized carbons (Fsp3) is 0.353. The van der Waals surface area contributed by atoms with Crippen molar-refractivity contribution in [2.24, 2.45) is 0 Å². The molecule has 0 bridgehead atoms. The maximum Gasteiger partial charge on any atom is 0.274 e. The molecule has 0 radical (unpaired) electrons. The van der Waals surface area contributed by atoms with E-state index >= 15 is 0 Å². The van der Waals surface area contributed by atoms with E-state index in [1.165, 1.54) is 6.92 Å². The summed E-state index contributed by atoms with van der Waals surface area (Å²) in [7, 11) is 0. The van der Waals surface area contributed by atoms with E-state index in [2.05, 4.69) is 9.97 Å². The van der Waals surface area contributed by atoms with Crippen molar-refractivity contribution >= 4 is 22.3 Å². The zero-order chi connectivity index (χ0) is 16.0. The van der Waals surface area contributed by atoms with Gasteiger partial charge in [0.15, 0.2) is 5.78 Å². The van der Waals surface area contributed by atoms with E-state index in [4.69, 9.17) is 4.74 Å². The second-order valence-electron chi connectivity index (χ2n) is 5.97. The molecule has 1 saturated heterocycles. The summed E-state index contributed by atoms with van der Waals surface area (Å²) in [5.41, 5.74) is 2.49. The van der Waals surface area contributed by atoms with Gasteiger partial charge in [-0.05, 0) is 38.0 Å². The van der Waals surface area contributed by atoms with Crippen LogP contribution in [-0.2, 0) is 4.74 Å². The standard InChI is InChI=1S/C17H17N3O3/c1-10(21)12-2-3-13-14(8-12)20-15(17(22)19-13)9-18-16(20)11-4-6-23-7-5-11/h2-3,8-9,11H,4-7H2,1H3,(H,19,22). The Hall–Kier alpha value is -2.47. The van der Waals surface area contributed by atoms with Gasteiger partial charge in [0.05, 0.1) is 17.2 Å². The normalized spacial score (nSPS) is 16.2. The number of carbonyl (C=O) groups is 1. The van der Waals surface area contributed by atoms with Crippen LogP contribution >= 0.6 is 0 Å². The number of nitrogens with zero attached hydrogens (tertiary/aromatic N) is 2. The van der Waals surface area contributed by atoms with Crippen LogP contribution in [0.5, 0.6) is 0 Å². The Morgan fingerprint density at radius 3 is 2.83 bits per heavy atom. The van der Waals surface area contributed by atoms with Gasteiger partial charge in [-0.15, -0.1) is 0 Å². The largest absolute Gasteiger partial charge is 0.381 e. The number of H-pyrrole nitrogens is 1. The lowest BCUT2D eigenvalue weighted by molar-refractivity contribution is 0.0835. The number of rotatable bonds is 2. The summed E-state index contributed by atoms with van der Waals surface area (Å²) in [6.45, 7) is 2.95. The van der Waals surface area contributed by atoms with Gasteiger partial charge in [-0.3, -0.25) is 14.0 Å². The van der Waals surface area contributed by atoms with Crippen molar-refractivity contribution < 1.29 is 9.53 Å². The fourth-order valence-electron chi connectivity index (χ4n) is 3.25. The Bertz CT molecular complexity index is 964. The smallest absolute Gasteiger partial charge is 0.274 e. The Morgan fingerprint density at radius 1 is 1.30 bits per heavy atom. The average Bonchev–Trinajstić information content (AvgIpc) is 3.01. The summed E-state index contributed by atoms with van der Waals surface area (Å²) >= 11 is 0. The van der Waals surface area contributed by atoms with E-state index in [9.17, 15) is 9.59 Å². The van der Waals surface area contributed by atoms with Gasteiger partial charge < -0.3 is 9.72 Å². The number of benzene rings is 1. The Balaban J connectivity index is 2.04. The SMILES string of the molecule is CC(=O)c1ccc2[nH]c(=O)c3cnc(C4CCOCC4)n3c2c1. The van der Waals surface area contributed by atoms with E-state index in [1.807, 2.05) is 10.5 Å². The summed E-state index contributed by atoms with van der Waals surface area (Å²) in [6.07, 6.45) is 3.39. The quantitative estimate of drug-likeness (QED) is 0.737. The topological polar surface area (TPSA) is 76.5 Å². The minimum Gasteiger partial charge on any atom is -0.381 e. The van der Waals surface area contributed by atoms with Crippen LogP contribution in [0.2, 0.25) is 0 Å². The number of imidazole rings is 1. The third-order valence-corrected chi connectivity index (χ3v) is 4.50. The number of hydrogen-bond acceptors (Lipinski definition) is 4. The molecule has 118 valence electrons. The molecule has 2 aromatic heterocycles. The van der Waals surface area contributed by atoms with Crippen LogP contribution in [0.25, 0.3) is 16.6 Å². The van der Waals surface area contributed by atoms with E-state index in [0.29, 0.717) is 29.8 Å². The van der Waals surface area contributed by atoms with Crippen LogP contribution in [0.3, 0.4) is 0 Å². The van der Waals surface area contributed by atoms with Crippen molar-refractivity contribution in [1.29, 1.82) is 0 Å². The lowest BCUT2D eigenvalue weighted by Crippen LogP contribution is -2.18. The number of fused-ring (bicyclic) bond motifs is 3. The van der Waals surface area contributed by atoms with Gasteiger partial charge in [0, 0.05) is 24.7 Å². The zero-order valence-electron chi connectivity index (χ0n) is 12.8. The van der Waals surface area contributed by atoms with Crippen LogP contribution in [0, 0.1) is 0 Å². The highest BCUT2D eigenvalue weighted by Crippen LogP contribution is 2.28. The molecule has 0 unspecified atom stereocenters. The Morgan fingerprint density at radius 2 is 2.09 bits per heavy atom. The first-order valence-corrected chi connectivity index (χ1v) is 7.77. The van der Waals surface area contributed by atoms with Crippen molar-refractivity contribution in [3.05, 3.63) is 46.1 Å². The number of ether oxygens (including phenoxy) is 1. The lowest BCUT2D eigenvalue weighted by atomic mass is 9.99. The third-order valence-electron chi connectivity index (χ3n) is 4.50. The summed E-state index contributed by atoms with van der Waals surface area (Å²) in [4.78, 5) is 31.4. The molecule has 0 amide bonds. The molecule has 4 rings (SSSR count). The third kappa shape index (κ3) is 2.26. The van der Waals surface area contributed by atoms with Crippen molar-refractivity contribution in [1.82, 2.24) is 14.4 Å². The van der Waals surface area contributed by atoms with Gasteiger partial charge in [-0.1, -0.05) is 0 Å². The molecule has 1 aliphatic rings. The van der Waals surface area contributed by atoms with E-state index < -0.39 is 0 Å². The molecule has 1 aromatic carbocycles. The fourth-order valence-corrected chi connectivity index (χ4v) is 3.25. The first kappa shape index (κ1) is 14.1. The monoisotopic (exact) mass is 311 g/mol. The molecule has 1 aliphatic heterocycles. The second-order valence-corrected chi connectivity index (χ2v) is 5.97. The van der Waals surface area contributed by atoms with Crippen molar-refractivity contribution in [2.45, 2.75) is 25.7 Å². The Kier molecular flexibility index (Phi) is 3.27. The molecule has 6 heteroatoms. The maximum atomic E-state index is 12.3. The summed E-state index contributed by atoms with van der Waals surface area (Å²) < 4.78 is 7.32. The summed E-state index contributed by atoms with van der Waals surface area (Å²) in [6, 6.07) is 5.34. The molecule has 0 atom stereocenters. The molecule has 6 nitrogen and oxygen atoms in total. The molecule has 0 aliphatic carbocycles. The number of nitrogens with one attached hydrogen (secondary N) is 1.